The summed E-state index contributed by atoms with van der Waals surface area (Å²) in [6.07, 6.45) is 0. The smallest absolute Gasteiger partial charge is 0.165 e. The number of para-hydroxylation sites is 1. The molecule has 0 aliphatic carbocycles. The highest BCUT2D eigenvalue weighted by atomic mass is 32.1. The molecule has 4 heterocycles. The lowest BCUT2D eigenvalue weighted by molar-refractivity contribution is 0.668. The van der Waals surface area contributed by atoms with Crippen molar-refractivity contribution in [2.45, 2.75) is 0 Å². The molecule has 14 rings (SSSR count). The maximum atomic E-state index is 6.93. The van der Waals surface area contributed by atoms with Gasteiger partial charge >= 0.3 is 0 Å². The Morgan fingerprint density at radius 3 is 1.79 bits per heavy atom. The van der Waals surface area contributed by atoms with Gasteiger partial charge < -0.3 is 8.98 Å². The minimum atomic E-state index is 0.582. The normalized spacial score (nSPS) is 11.9. The SMILES string of the molecule is c1ccc(-c2ccc(-c3nc(-c4cccc5c4sc4ccccc45)nc(-c4cccc5oc6cc(-n7c8ccccc8c8cc9ccccc9cc87)c(-c7ccccc7)cc6c45)n3)cc2)cc1. The first-order chi connectivity index (χ1) is 33.2. The first-order valence-electron chi connectivity index (χ1n) is 22.5. The fourth-order valence-electron chi connectivity index (χ4n) is 10.1. The maximum absolute atomic E-state index is 6.93. The predicted octanol–water partition coefficient (Wildman–Crippen LogP) is 16.7. The first kappa shape index (κ1) is 37.6. The van der Waals surface area contributed by atoms with Gasteiger partial charge in [-0.15, -0.1) is 11.3 Å². The van der Waals surface area contributed by atoms with Crippen molar-refractivity contribution in [2.24, 2.45) is 0 Å². The molecule has 10 aromatic carbocycles. The minimum Gasteiger partial charge on any atom is -0.456 e. The highest BCUT2D eigenvalue weighted by Crippen LogP contribution is 2.45. The highest BCUT2D eigenvalue weighted by molar-refractivity contribution is 7.26. The summed E-state index contributed by atoms with van der Waals surface area (Å²) in [5, 5.41) is 9.20. The van der Waals surface area contributed by atoms with Crippen LogP contribution in [0.25, 0.3) is 137 Å². The largest absolute Gasteiger partial charge is 0.456 e. The van der Waals surface area contributed by atoms with Gasteiger partial charge in [-0.05, 0) is 69.9 Å². The molecule has 0 N–H and O–H groups in total. The monoisotopic (exact) mass is 872 g/mol. The number of rotatable bonds is 6. The van der Waals surface area contributed by atoms with Crippen LogP contribution in [0.2, 0.25) is 0 Å². The zero-order valence-corrected chi connectivity index (χ0v) is 36.7. The molecule has 0 radical (unpaired) electrons. The predicted molar refractivity (Wildman–Crippen MR) is 279 cm³/mol. The van der Waals surface area contributed by atoms with Crippen LogP contribution in [0.5, 0.6) is 0 Å². The summed E-state index contributed by atoms with van der Waals surface area (Å²) in [6.45, 7) is 0. The Hall–Kier alpha value is -8.71. The van der Waals surface area contributed by atoms with Crippen molar-refractivity contribution in [2.75, 3.05) is 0 Å². The van der Waals surface area contributed by atoms with Crippen LogP contribution in [-0.2, 0) is 0 Å². The van der Waals surface area contributed by atoms with Gasteiger partial charge in [0.15, 0.2) is 17.5 Å². The highest BCUT2D eigenvalue weighted by Gasteiger charge is 2.23. The summed E-state index contributed by atoms with van der Waals surface area (Å²) in [5.74, 6) is 1.81. The number of fused-ring (bicyclic) bond motifs is 10. The van der Waals surface area contributed by atoms with Crippen LogP contribution < -0.4 is 0 Å². The lowest BCUT2D eigenvalue weighted by atomic mass is 9.98. The van der Waals surface area contributed by atoms with E-state index in [0.717, 1.165) is 82.3 Å². The maximum Gasteiger partial charge on any atom is 0.165 e. The van der Waals surface area contributed by atoms with Crippen LogP contribution in [-0.4, -0.2) is 19.5 Å². The molecule has 0 aliphatic heterocycles. The van der Waals surface area contributed by atoms with E-state index in [9.17, 15) is 0 Å². The topological polar surface area (TPSA) is 56.7 Å². The van der Waals surface area contributed by atoms with Crippen molar-refractivity contribution in [1.82, 2.24) is 19.5 Å². The third kappa shape index (κ3) is 6.04. The van der Waals surface area contributed by atoms with Gasteiger partial charge in [0.2, 0.25) is 0 Å². The van der Waals surface area contributed by atoms with Crippen molar-refractivity contribution in [3.8, 4) is 62.1 Å². The summed E-state index contributed by atoms with van der Waals surface area (Å²) in [4.78, 5) is 16.0. The molecule has 0 bridgehead atoms. The fraction of sp³-hybridized carbons (Fsp3) is 0. The molecule has 0 fully saturated rings. The molecule has 5 nitrogen and oxygen atoms in total. The molecular weight excluding hydrogens is 837 g/mol. The molecule has 0 aliphatic rings. The van der Waals surface area contributed by atoms with Crippen molar-refractivity contribution in [3.05, 3.63) is 218 Å². The molecular formula is C61H36N4OS. The molecule has 0 saturated heterocycles. The van der Waals surface area contributed by atoms with Crippen molar-refractivity contribution < 1.29 is 4.42 Å². The number of aromatic nitrogens is 4. The van der Waals surface area contributed by atoms with E-state index >= 15 is 0 Å². The standard InChI is InChI=1S/C61H36N4OS/c1-3-15-37(16-4-1)38-29-31-40(32-30-38)59-62-60(64-61(63-59)47-25-13-23-45-44-22-10-12-28-56(44)67-58(45)47)46-24-14-27-54-57(46)50-35-48(39-17-5-2-6-18-39)53(36-55(50)66-54)65-51-26-11-9-21-43(51)49-33-41-19-7-8-20-42(41)34-52(49)65/h1-36H. The lowest BCUT2D eigenvalue weighted by Gasteiger charge is -2.15. The Morgan fingerprint density at radius 1 is 0.358 bits per heavy atom. The second-order valence-electron chi connectivity index (χ2n) is 17.1. The third-order valence-corrected chi connectivity index (χ3v) is 14.5. The summed E-state index contributed by atoms with van der Waals surface area (Å²) < 4.78 is 11.7. The summed E-state index contributed by atoms with van der Waals surface area (Å²) in [6, 6.07) is 77.4. The number of thiophene rings is 1. The van der Waals surface area contributed by atoms with E-state index in [2.05, 4.69) is 211 Å². The third-order valence-electron chi connectivity index (χ3n) is 13.3. The average molecular weight is 873 g/mol. The van der Waals surface area contributed by atoms with Gasteiger partial charge in [0.25, 0.3) is 0 Å². The summed E-state index contributed by atoms with van der Waals surface area (Å²) in [7, 11) is 0. The van der Waals surface area contributed by atoms with Crippen LogP contribution in [0.3, 0.4) is 0 Å². The van der Waals surface area contributed by atoms with Gasteiger partial charge in [-0.2, -0.15) is 0 Å². The molecule has 0 saturated carbocycles. The van der Waals surface area contributed by atoms with Gasteiger partial charge in [0.1, 0.15) is 11.2 Å². The second kappa shape index (κ2) is 14.9. The quantitative estimate of drug-likeness (QED) is 0.167. The Kier molecular flexibility index (Phi) is 8.38. The van der Waals surface area contributed by atoms with Crippen LogP contribution in [0, 0.1) is 0 Å². The second-order valence-corrected chi connectivity index (χ2v) is 18.2. The van der Waals surface area contributed by atoms with Crippen molar-refractivity contribution in [1.29, 1.82) is 0 Å². The molecule has 0 amide bonds. The molecule has 67 heavy (non-hydrogen) atoms. The van der Waals surface area contributed by atoms with E-state index < -0.39 is 0 Å². The van der Waals surface area contributed by atoms with Gasteiger partial charge in [-0.25, -0.2) is 15.0 Å². The lowest BCUT2D eigenvalue weighted by Crippen LogP contribution is -2.00. The van der Waals surface area contributed by atoms with Gasteiger partial charge in [-0.1, -0.05) is 170 Å². The van der Waals surface area contributed by atoms with E-state index in [0.29, 0.717) is 17.5 Å². The van der Waals surface area contributed by atoms with Crippen LogP contribution in [0.15, 0.2) is 223 Å². The van der Waals surface area contributed by atoms with E-state index in [1.165, 1.54) is 37.0 Å². The molecule has 6 heteroatoms. The molecule has 0 atom stereocenters. The summed E-state index contributed by atoms with van der Waals surface area (Å²) >= 11 is 1.78. The number of nitrogens with zero attached hydrogens (tertiary/aromatic N) is 4. The molecule has 14 aromatic rings. The first-order valence-corrected chi connectivity index (χ1v) is 23.3. The van der Waals surface area contributed by atoms with E-state index in [4.69, 9.17) is 19.4 Å². The molecule has 4 aromatic heterocycles. The van der Waals surface area contributed by atoms with E-state index in [-0.39, 0.29) is 0 Å². The zero-order chi connectivity index (χ0) is 44.0. The Bertz CT molecular complexity index is 4260. The Balaban J connectivity index is 1.02. The van der Waals surface area contributed by atoms with E-state index in [1.807, 2.05) is 12.1 Å². The molecule has 0 spiro atoms. The number of hydrogen-bond acceptors (Lipinski definition) is 5. The fourth-order valence-corrected chi connectivity index (χ4v) is 11.3. The Morgan fingerprint density at radius 2 is 0.970 bits per heavy atom. The minimum absolute atomic E-state index is 0.582. The van der Waals surface area contributed by atoms with Crippen molar-refractivity contribution in [3.63, 3.8) is 0 Å². The van der Waals surface area contributed by atoms with Gasteiger partial charge in [0.05, 0.1) is 16.7 Å². The van der Waals surface area contributed by atoms with Crippen LogP contribution in [0.4, 0.5) is 0 Å². The molecule has 0 unspecified atom stereocenters. The number of furan rings is 1. The van der Waals surface area contributed by atoms with Gasteiger partial charge in [0, 0.05) is 70.0 Å². The number of benzene rings is 10. The number of hydrogen-bond donors (Lipinski definition) is 0. The summed E-state index contributed by atoms with van der Waals surface area (Å²) in [5.41, 5.74) is 12.1. The average Bonchev–Trinajstić information content (AvgIpc) is 4.07. The molecule has 312 valence electrons. The van der Waals surface area contributed by atoms with Crippen LogP contribution >= 0.6 is 11.3 Å². The van der Waals surface area contributed by atoms with Crippen LogP contribution in [0.1, 0.15) is 0 Å². The van der Waals surface area contributed by atoms with E-state index in [1.54, 1.807) is 11.3 Å². The van der Waals surface area contributed by atoms with Crippen molar-refractivity contribution >= 4 is 86.0 Å². The zero-order valence-electron chi connectivity index (χ0n) is 35.9. The Labute approximate surface area is 388 Å². The van der Waals surface area contributed by atoms with Gasteiger partial charge in [-0.3, -0.25) is 0 Å².